The number of alkyl carbamates (subject to hydrolysis) is 1. The van der Waals surface area contributed by atoms with E-state index >= 15 is 0 Å². The first-order chi connectivity index (χ1) is 12.1. The quantitative estimate of drug-likeness (QED) is 0.811. The highest BCUT2D eigenvalue weighted by molar-refractivity contribution is 5.82. The maximum atomic E-state index is 13.3. The average Bonchev–Trinajstić information content (AvgIpc) is 2.52. The Morgan fingerprint density at radius 3 is 2.58 bits per heavy atom. The molecule has 0 spiro atoms. The van der Waals surface area contributed by atoms with E-state index in [0.29, 0.717) is 10.9 Å². The Balaban J connectivity index is 2.28. The van der Waals surface area contributed by atoms with Gasteiger partial charge in [0.1, 0.15) is 17.5 Å². The van der Waals surface area contributed by atoms with Gasteiger partial charge in [0.25, 0.3) is 5.56 Å². The number of carbonyl (C=O) groups is 2. The maximum Gasteiger partial charge on any atom is 0.408 e. The molecule has 7 nitrogen and oxygen atoms in total. The largest absolute Gasteiger partial charge is 0.467 e. The van der Waals surface area contributed by atoms with Gasteiger partial charge in [-0.1, -0.05) is 0 Å². The molecule has 0 aliphatic carbocycles. The molecule has 0 radical (unpaired) electrons. The molecule has 1 heterocycles. The van der Waals surface area contributed by atoms with Gasteiger partial charge in [-0.2, -0.15) is 0 Å². The molecule has 2 aromatic rings. The van der Waals surface area contributed by atoms with Crippen LogP contribution in [0.4, 0.5) is 9.18 Å². The molecule has 0 saturated carbocycles. The third-order valence-corrected chi connectivity index (χ3v) is 3.49. The molecule has 8 heteroatoms. The summed E-state index contributed by atoms with van der Waals surface area (Å²) in [6.07, 6.45) is -0.902. The molecule has 26 heavy (non-hydrogen) atoms. The van der Waals surface area contributed by atoms with Crippen molar-refractivity contribution in [1.82, 2.24) is 10.3 Å². The van der Waals surface area contributed by atoms with Crippen molar-refractivity contribution < 1.29 is 23.5 Å². The van der Waals surface area contributed by atoms with Gasteiger partial charge >= 0.3 is 12.1 Å². The number of halogens is 1. The lowest BCUT2D eigenvalue weighted by atomic mass is 10.1. The molecule has 1 aromatic carbocycles. The molecule has 0 aliphatic rings. The lowest BCUT2D eigenvalue weighted by molar-refractivity contribution is -0.143. The minimum atomic E-state index is -1.10. The van der Waals surface area contributed by atoms with Crippen molar-refractivity contribution in [2.75, 3.05) is 7.11 Å². The van der Waals surface area contributed by atoms with Crippen LogP contribution in [0.25, 0.3) is 10.9 Å². The summed E-state index contributed by atoms with van der Waals surface area (Å²) >= 11 is 0. The number of hydrogen-bond acceptors (Lipinski definition) is 5. The average molecular weight is 364 g/mol. The number of aromatic amines is 1. The number of benzene rings is 1. The molecule has 0 fully saturated rings. The minimum Gasteiger partial charge on any atom is -0.467 e. The number of hydrogen-bond donors (Lipinski definition) is 2. The fourth-order valence-electron chi connectivity index (χ4n) is 2.38. The lowest BCUT2D eigenvalue weighted by Crippen LogP contribution is -2.45. The molecule has 1 aromatic heterocycles. The molecule has 140 valence electrons. The highest BCUT2D eigenvalue weighted by atomic mass is 19.1. The highest BCUT2D eigenvalue weighted by Crippen LogP contribution is 2.14. The van der Waals surface area contributed by atoms with Crippen molar-refractivity contribution in [2.24, 2.45) is 0 Å². The SMILES string of the molecule is COC(=O)C(Cc1cc2ccc(F)cc2[nH]c1=O)NC(=O)OC(C)(C)C. The fourth-order valence-corrected chi connectivity index (χ4v) is 2.38. The number of rotatable bonds is 4. The van der Waals surface area contributed by atoms with E-state index in [1.54, 1.807) is 26.8 Å². The molecule has 1 amide bonds. The van der Waals surface area contributed by atoms with Crippen molar-refractivity contribution in [3.8, 4) is 0 Å². The summed E-state index contributed by atoms with van der Waals surface area (Å²) in [6, 6.07) is 4.42. The van der Waals surface area contributed by atoms with Gasteiger partial charge in [0.2, 0.25) is 0 Å². The molecule has 1 atom stereocenters. The smallest absolute Gasteiger partial charge is 0.408 e. The molecular formula is C18H21FN2O5. The van der Waals surface area contributed by atoms with Gasteiger partial charge in [0.05, 0.1) is 12.6 Å². The Bertz CT molecular complexity index is 885. The number of ether oxygens (including phenoxy) is 2. The van der Waals surface area contributed by atoms with E-state index in [0.717, 1.165) is 0 Å². The monoisotopic (exact) mass is 364 g/mol. The van der Waals surface area contributed by atoms with E-state index in [4.69, 9.17) is 4.74 Å². The van der Waals surface area contributed by atoms with Crippen molar-refractivity contribution in [2.45, 2.75) is 38.8 Å². The zero-order valence-corrected chi connectivity index (χ0v) is 15.0. The lowest BCUT2D eigenvalue weighted by Gasteiger charge is -2.22. The normalized spacial score (nSPS) is 12.5. The molecule has 0 saturated heterocycles. The summed E-state index contributed by atoms with van der Waals surface area (Å²) < 4.78 is 23.1. The van der Waals surface area contributed by atoms with Gasteiger partial charge in [0.15, 0.2) is 0 Å². The van der Waals surface area contributed by atoms with Crippen LogP contribution in [0.5, 0.6) is 0 Å². The van der Waals surface area contributed by atoms with Crippen molar-refractivity contribution in [3.05, 3.63) is 46.0 Å². The summed E-state index contributed by atoms with van der Waals surface area (Å²) in [7, 11) is 1.18. The second-order valence-electron chi connectivity index (χ2n) is 6.78. The molecular weight excluding hydrogens is 343 g/mol. The van der Waals surface area contributed by atoms with E-state index in [9.17, 15) is 18.8 Å². The number of aromatic nitrogens is 1. The Morgan fingerprint density at radius 2 is 1.96 bits per heavy atom. The zero-order valence-electron chi connectivity index (χ0n) is 15.0. The van der Waals surface area contributed by atoms with Gasteiger partial charge in [-0.25, -0.2) is 14.0 Å². The number of nitrogens with one attached hydrogen (secondary N) is 2. The summed E-state index contributed by atoms with van der Waals surface area (Å²) in [4.78, 5) is 38.7. The van der Waals surface area contributed by atoms with Crippen molar-refractivity contribution in [1.29, 1.82) is 0 Å². The van der Waals surface area contributed by atoms with E-state index in [2.05, 4.69) is 15.0 Å². The first kappa shape index (κ1) is 19.4. The number of pyridine rings is 1. The van der Waals surface area contributed by atoms with Crippen LogP contribution in [-0.2, 0) is 20.7 Å². The van der Waals surface area contributed by atoms with Crippen LogP contribution in [0.15, 0.2) is 29.1 Å². The molecule has 2 rings (SSSR count). The van der Waals surface area contributed by atoms with Crippen LogP contribution in [0.2, 0.25) is 0 Å². The van der Waals surface area contributed by atoms with Gasteiger partial charge in [-0.15, -0.1) is 0 Å². The number of fused-ring (bicyclic) bond motifs is 1. The molecule has 1 unspecified atom stereocenters. The standard InChI is InChI=1S/C18H21FN2O5/c1-18(2,3)26-17(24)21-14(16(23)25-4)8-11-7-10-5-6-12(19)9-13(10)20-15(11)22/h5-7,9,14H,8H2,1-4H3,(H,20,22)(H,21,24). The highest BCUT2D eigenvalue weighted by Gasteiger charge is 2.26. The Labute approximate surface area is 149 Å². The predicted octanol–water partition coefficient (Wildman–Crippen LogP) is 2.28. The summed E-state index contributed by atoms with van der Waals surface area (Å²) in [5.41, 5.74) is -0.637. The summed E-state index contributed by atoms with van der Waals surface area (Å²) in [5.74, 6) is -1.19. The first-order valence-corrected chi connectivity index (χ1v) is 7.98. The van der Waals surface area contributed by atoms with Crippen LogP contribution in [0, 0.1) is 5.82 Å². The van der Waals surface area contributed by atoms with Crippen LogP contribution in [0.3, 0.4) is 0 Å². The fraction of sp³-hybridized carbons (Fsp3) is 0.389. The topological polar surface area (TPSA) is 97.5 Å². The Kier molecular flexibility index (Phi) is 5.64. The number of carbonyl (C=O) groups excluding carboxylic acids is 2. The van der Waals surface area contributed by atoms with Gasteiger partial charge < -0.3 is 19.8 Å². The van der Waals surface area contributed by atoms with E-state index < -0.39 is 35.1 Å². The van der Waals surface area contributed by atoms with Crippen molar-refractivity contribution >= 4 is 23.0 Å². The molecule has 2 N–H and O–H groups in total. The van der Waals surface area contributed by atoms with Gasteiger partial charge in [-0.05, 0) is 50.4 Å². The first-order valence-electron chi connectivity index (χ1n) is 7.98. The second kappa shape index (κ2) is 7.55. The summed E-state index contributed by atoms with van der Waals surface area (Å²) in [6.45, 7) is 5.06. The summed E-state index contributed by atoms with van der Waals surface area (Å²) in [5, 5.41) is 3.01. The van der Waals surface area contributed by atoms with Crippen LogP contribution in [0.1, 0.15) is 26.3 Å². The van der Waals surface area contributed by atoms with E-state index in [1.807, 2.05) is 0 Å². The maximum absolute atomic E-state index is 13.3. The Hall–Kier alpha value is -2.90. The Morgan fingerprint density at radius 1 is 1.27 bits per heavy atom. The molecule has 0 aliphatic heterocycles. The van der Waals surface area contributed by atoms with Gasteiger partial charge in [0, 0.05) is 12.0 Å². The number of esters is 1. The minimum absolute atomic E-state index is 0.103. The number of amides is 1. The van der Waals surface area contributed by atoms with E-state index in [1.165, 1.54) is 25.3 Å². The third kappa shape index (κ3) is 5.05. The van der Waals surface area contributed by atoms with Crippen molar-refractivity contribution in [3.63, 3.8) is 0 Å². The van der Waals surface area contributed by atoms with Crippen LogP contribution >= 0.6 is 0 Å². The number of H-pyrrole nitrogens is 1. The second-order valence-corrected chi connectivity index (χ2v) is 6.78. The van der Waals surface area contributed by atoms with Gasteiger partial charge in [-0.3, -0.25) is 4.79 Å². The van der Waals surface area contributed by atoms with E-state index in [-0.39, 0.29) is 12.0 Å². The third-order valence-electron chi connectivity index (χ3n) is 3.49. The predicted molar refractivity (Wildman–Crippen MR) is 93.4 cm³/mol. The van der Waals surface area contributed by atoms with Crippen LogP contribution < -0.4 is 10.9 Å². The number of methoxy groups -OCH3 is 1. The zero-order chi connectivity index (χ0) is 19.5. The molecule has 0 bridgehead atoms. The van der Waals surface area contributed by atoms with Crippen LogP contribution in [-0.4, -0.2) is 35.8 Å².